The first-order valence-electron chi connectivity index (χ1n) is 6.01. The van der Waals surface area contributed by atoms with E-state index in [4.69, 9.17) is 22.1 Å². The topological polar surface area (TPSA) is 78.4 Å². The lowest BCUT2D eigenvalue weighted by atomic mass is 10.1. The van der Waals surface area contributed by atoms with Gasteiger partial charge in [-0.1, -0.05) is 18.5 Å². The van der Waals surface area contributed by atoms with Crippen LogP contribution in [0.15, 0.2) is 36.4 Å². The van der Waals surface area contributed by atoms with Gasteiger partial charge in [-0.05, 0) is 30.2 Å². The molecule has 0 heterocycles. The van der Waals surface area contributed by atoms with Crippen molar-refractivity contribution in [2.75, 3.05) is 5.73 Å². The zero-order chi connectivity index (χ0) is 14.7. The number of benzene rings is 2. The Morgan fingerprint density at radius 2 is 2.00 bits per heavy atom. The Morgan fingerprint density at radius 3 is 2.65 bits per heavy atom. The summed E-state index contributed by atoms with van der Waals surface area (Å²) in [5.74, 6) is 0.882. The van der Waals surface area contributed by atoms with Crippen molar-refractivity contribution in [2.24, 2.45) is 0 Å². The Morgan fingerprint density at radius 1 is 1.25 bits per heavy atom. The number of rotatable bonds is 4. The number of nitrogens with zero attached hydrogens (tertiary/aromatic N) is 1. The minimum Gasteiger partial charge on any atom is -0.457 e. The van der Waals surface area contributed by atoms with Crippen LogP contribution in [0.3, 0.4) is 0 Å². The quantitative estimate of drug-likeness (QED) is 0.521. The van der Waals surface area contributed by atoms with Gasteiger partial charge in [0.25, 0.3) is 5.69 Å². The number of nitro benzene ring substituents is 1. The summed E-state index contributed by atoms with van der Waals surface area (Å²) in [6, 6.07) is 9.39. The first kappa shape index (κ1) is 14.1. The highest BCUT2D eigenvalue weighted by molar-refractivity contribution is 6.31. The lowest BCUT2D eigenvalue weighted by molar-refractivity contribution is -0.384. The fourth-order valence-electron chi connectivity index (χ4n) is 1.79. The van der Waals surface area contributed by atoms with E-state index in [9.17, 15) is 10.1 Å². The lowest BCUT2D eigenvalue weighted by Gasteiger charge is -2.09. The fourth-order valence-corrected chi connectivity index (χ4v) is 2.04. The zero-order valence-corrected chi connectivity index (χ0v) is 11.6. The van der Waals surface area contributed by atoms with E-state index in [1.807, 2.05) is 6.92 Å². The van der Waals surface area contributed by atoms with E-state index in [1.165, 1.54) is 18.2 Å². The second-order valence-electron chi connectivity index (χ2n) is 4.23. The predicted octanol–water partition coefficient (Wildman–Crippen LogP) is 4.19. The first-order valence-corrected chi connectivity index (χ1v) is 6.38. The van der Waals surface area contributed by atoms with Crippen molar-refractivity contribution in [3.63, 3.8) is 0 Å². The number of halogens is 1. The Labute approximate surface area is 121 Å². The number of ether oxygens (including phenoxy) is 1. The molecule has 0 saturated carbocycles. The number of nitrogens with two attached hydrogens (primary N) is 1. The molecular weight excluding hydrogens is 280 g/mol. The van der Waals surface area contributed by atoms with E-state index >= 15 is 0 Å². The van der Waals surface area contributed by atoms with Crippen molar-refractivity contribution in [3.8, 4) is 11.5 Å². The van der Waals surface area contributed by atoms with Gasteiger partial charge in [0, 0.05) is 22.8 Å². The molecule has 2 aromatic carbocycles. The molecule has 0 atom stereocenters. The molecule has 2 rings (SSSR count). The van der Waals surface area contributed by atoms with Gasteiger partial charge in [0.15, 0.2) is 0 Å². The van der Waals surface area contributed by atoms with E-state index in [2.05, 4.69) is 0 Å². The molecule has 0 aliphatic heterocycles. The number of nitrogen functional groups attached to an aromatic ring is 1. The number of anilines is 1. The van der Waals surface area contributed by atoms with Gasteiger partial charge in [-0.3, -0.25) is 10.1 Å². The predicted molar refractivity (Wildman–Crippen MR) is 78.4 cm³/mol. The van der Waals surface area contributed by atoms with Gasteiger partial charge in [0.2, 0.25) is 0 Å². The Bertz CT molecular complexity index is 659. The summed E-state index contributed by atoms with van der Waals surface area (Å²) in [4.78, 5) is 10.3. The summed E-state index contributed by atoms with van der Waals surface area (Å²) >= 11 is 6.03. The van der Waals surface area contributed by atoms with Crippen molar-refractivity contribution in [3.05, 3.63) is 57.1 Å². The van der Waals surface area contributed by atoms with Gasteiger partial charge < -0.3 is 10.5 Å². The van der Waals surface area contributed by atoms with E-state index in [1.54, 1.807) is 18.2 Å². The molecule has 20 heavy (non-hydrogen) atoms. The largest absolute Gasteiger partial charge is 0.457 e. The number of hydrogen-bond donors (Lipinski definition) is 1. The summed E-state index contributed by atoms with van der Waals surface area (Å²) in [7, 11) is 0. The maximum Gasteiger partial charge on any atom is 0.275 e. The third-order valence-corrected chi connectivity index (χ3v) is 3.13. The fraction of sp³-hybridized carbons (Fsp3) is 0.143. The molecule has 6 heteroatoms. The highest BCUT2D eigenvalue weighted by Gasteiger charge is 2.10. The molecule has 0 aromatic heterocycles. The van der Waals surface area contributed by atoms with Gasteiger partial charge in [-0.2, -0.15) is 0 Å². The summed E-state index contributed by atoms with van der Waals surface area (Å²) < 4.78 is 5.60. The maximum atomic E-state index is 10.8. The van der Waals surface area contributed by atoms with E-state index in [-0.39, 0.29) is 11.4 Å². The van der Waals surface area contributed by atoms with E-state index in [0.29, 0.717) is 16.5 Å². The number of nitro groups is 1. The molecule has 0 bridgehead atoms. The van der Waals surface area contributed by atoms with Gasteiger partial charge in [-0.25, -0.2) is 0 Å². The number of aryl methyl sites for hydroxylation is 1. The molecule has 2 aromatic rings. The van der Waals surface area contributed by atoms with Crippen molar-refractivity contribution in [1.82, 2.24) is 0 Å². The van der Waals surface area contributed by atoms with Gasteiger partial charge in [0.05, 0.1) is 11.0 Å². The average Bonchev–Trinajstić information content (AvgIpc) is 2.40. The smallest absolute Gasteiger partial charge is 0.275 e. The highest BCUT2D eigenvalue weighted by Crippen LogP contribution is 2.30. The average molecular weight is 293 g/mol. The van der Waals surface area contributed by atoms with Gasteiger partial charge in [0.1, 0.15) is 11.5 Å². The van der Waals surface area contributed by atoms with E-state index in [0.717, 1.165) is 12.0 Å². The van der Waals surface area contributed by atoms with Crippen LogP contribution in [0, 0.1) is 10.1 Å². The van der Waals surface area contributed by atoms with Crippen LogP contribution in [-0.2, 0) is 6.42 Å². The first-order chi connectivity index (χ1) is 9.49. The van der Waals surface area contributed by atoms with Crippen molar-refractivity contribution >= 4 is 23.0 Å². The Hall–Kier alpha value is -2.27. The molecule has 0 amide bonds. The number of non-ortho nitro benzene ring substituents is 1. The molecule has 0 unspecified atom stereocenters. The summed E-state index contributed by atoms with van der Waals surface area (Å²) in [6.45, 7) is 1.98. The third-order valence-electron chi connectivity index (χ3n) is 2.76. The van der Waals surface area contributed by atoms with Crippen LogP contribution in [0.4, 0.5) is 11.4 Å². The van der Waals surface area contributed by atoms with Gasteiger partial charge in [-0.15, -0.1) is 0 Å². The SMILES string of the molecule is CCc1cc(Oc2cc(N)cc([N+](=O)[O-])c2)ccc1Cl. The monoisotopic (exact) mass is 292 g/mol. The van der Waals surface area contributed by atoms with Crippen LogP contribution in [0.5, 0.6) is 11.5 Å². The van der Waals surface area contributed by atoms with Crippen LogP contribution >= 0.6 is 11.6 Å². The minimum atomic E-state index is -0.511. The van der Waals surface area contributed by atoms with Crippen LogP contribution in [0.1, 0.15) is 12.5 Å². The normalized spacial score (nSPS) is 10.3. The van der Waals surface area contributed by atoms with Crippen LogP contribution in [-0.4, -0.2) is 4.92 Å². The second kappa shape index (κ2) is 5.79. The Balaban J connectivity index is 2.32. The molecule has 5 nitrogen and oxygen atoms in total. The molecule has 0 aliphatic carbocycles. The second-order valence-corrected chi connectivity index (χ2v) is 4.63. The molecule has 104 valence electrons. The van der Waals surface area contributed by atoms with Crippen molar-refractivity contribution < 1.29 is 9.66 Å². The lowest BCUT2D eigenvalue weighted by Crippen LogP contribution is -1.94. The third kappa shape index (κ3) is 3.19. The summed E-state index contributed by atoms with van der Waals surface area (Å²) in [5, 5.41) is 11.4. The molecule has 0 fully saturated rings. The van der Waals surface area contributed by atoms with Crippen molar-refractivity contribution in [2.45, 2.75) is 13.3 Å². The molecule has 0 spiro atoms. The standard InChI is InChI=1S/C14H13ClN2O3/c1-2-9-5-12(3-4-14(9)15)20-13-7-10(16)6-11(8-13)17(18)19/h3-8H,2,16H2,1H3. The zero-order valence-electron chi connectivity index (χ0n) is 10.8. The van der Waals surface area contributed by atoms with Gasteiger partial charge >= 0.3 is 0 Å². The Kier molecular flexibility index (Phi) is 4.10. The van der Waals surface area contributed by atoms with Crippen LogP contribution in [0.2, 0.25) is 5.02 Å². The van der Waals surface area contributed by atoms with Crippen LogP contribution < -0.4 is 10.5 Å². The maximum absolute atomic E-state index is 10.8. The highest BCUT2D eigenvalue weighted by atomic mass is 35.5. The molecular formula is C14H13ClN2O3. The van der Waals surface area contributed by atoms with E-state index < -0.39 is 4.92 Å². The summed E-state index contributed by atoms with van der Waals surface area (Å²) in [5.41, 5.74) is 6.74. The molecule has 0 saturated heterocycles. The van der Waals surface area contributed by atoms with Crippen LogP contribution in [0.25, 0.3) is 0 Å². The summed E-state index contributed by atoms with van der Waals surface area (Å²) in [6.07, 6.45) is 0.771. The molecule has 0 aliphatic rings. The molecule has 0 radical (unpaired) electrons. The number of hydrogen-bond acceptors (Lipinski definition) is 4. The minimum absolute atomic E-state index is 0.107. The van der Waals surface area contributed by atoms with Crippen molar-refractivity contribution in [1.29, 1.82) is 0 Å². The molecule has 2 N–H and O–H groups in total.